The number of unbranched alkanes of at least 4 members (excludes halogenated alkanes) is 3. The molecule has 0 saturated heterocycles. The van der Waals surface area contributed by atoms with Crippen LogP contribution in [0.3, 0.4) is 0 Å². The van der Waals surface area contributed by atoms with Gasteiger partial charge in [-0.2, -0.15) is 0 Å². The first-order valence-corrected chi connectivity index (χ1v) is 8.61. The van der Waals surface area contributed by atoms with Crippen molar-refractivity contribution >= 4 is 22.8 Å². The summed E-state index contributed by atoms with van der Waals surface area (Å²) in [7, 11) is 0. The van der Waals surface area contributed by atoms with Crippen molar-refractivity contribution in [2.75, 3.05) is 5.32 Å². The molecule has 0 atom stereocenters. The van der Waals surface area contributed by atoms with Crippen LogP contribution < -0.4 is 5.32 Å². The molecule has 0 saturated carbocycles. The Balaban J connectivity index is 1.69. The highest BCUT2D eigenvalue weighted by Crippen LogP contribution is 2.30. The maximum Gasteiger partial charge on any atom is 0.224 e. The van der Waals surface area contributed by atoms with Crippen molar-refractivity contribution in [3.8, 4) is 17.1 Å². The van der Waals surface area contributed by atoms with Gasteiger partial charge in [-0.1, -0.05) is 26.2 Å². The van der Waals surface area contributed by atoms with E-state index in [1.807, 2.05) is 12.1 Å². The number of carbonyl (C=O) groups is 1. The van der Waals surface area contributed by atoms with E-state index in [0.29, 0.717) is 29.1 Å². The molecule has 0 aliphatic carbocycles. The molecule has 6 nitrogen and oxygen atoms in total. The predicted molar refractivity (Wildman–Crippen MR) is 98.4 cm³/mol. The molecular weight excluding hydrogens is 316 g/mol. The molecule has 25 heavy (non-hydrogen) atoms. The average molecular weight is 338 g/mol. The average Bonchev–Trinajstić information content (AvgIpc) is 3.02. The Bertz CT molecular complexity index is 840. The fourth-order valence-electron chi connectivity index (χ4n) is 2.72. The van der Waals surface area contributed by atoms with Crippen LogP contribution in [0, 0.1) is 0 Å². The molecule has 0 aliphatic heterocycles. The molecule has 0 spiro atoms. The topological polar surface area (TPSA) is 90.9 Å². The lowest BCUT2D eigenvalue weighted by Gasteiger charge is -2.08. The molecule has 1 amide bonds. The molecule has 3 N–H and O–H groups in total. The van der Waals surface area contributed by atoms with Gasteiger partial charge in [-0.3, -0.25) is 4.79 Å². The summed E-state index contributed by atoms with van der Waals surface area (Å²) in [5, 5.41) is 13.1. The number of imidazole rings is 1. The number of anilines is 1. The van der Waals surface area contributed by atoms with Gasteiger partial charge in [0.25, 0.3) is 0 Å². The Morgan fingerprint density at radius 3 is 2.88 bits per heavy atom. The van der Waals surface area contributed by atoms with E-state index in [1.165, 1.54) is 0 Å². The summed E-state index contributed by atoms with van der Waals surface area (Å²) in [5.41, 5.74) is 2.55. The summed E-state index contributed by atoms with van der Waals surface area (Å²) in [6.07, 6.45) is 6.41. The number of aromatic amines is 1. The molecule has 6 heteroatoms. The largest absolute Gasteiger partial charge is 0.507 e. The van der Waals surface area contributed by atoms with Crippen molar-refractivity contribution < 1.29 is 9.90 Å². The predicted octanol–water partition coefficient (Wildman–Crippen LogP) is 4.24. The number of carbonyl (C=O) groups excluding carboxylic acids is 1. The van der Waals surface area contributed by atoms with Gasteiger partial charge < -0.3 is 15.4 Å². The number of phenols is 1. The quantitative estimate of drug-likeness (QED) is 0.562. The standard InChI is InChI=1S/C19H22N4O2/c1-2-3-4-5-8-17(25)21-13-9-10-14(16(24)12-13)18-22-15-7-6-11-20-19(15)23-18/h6-7,9-12,24H,2-5,8H2,1H3,(H,21,25)(H,20,22,23). The first-order chi connectivity index (χ1) is 12.2. The van der Waals surface area contributed by atoms with E-state index >= 15 is 0 Å². The van der Waals surface area contributed by atoms with Crippen molar-refractivity contribution in [3.05, 3.63) is 36.5 Å². The van der Waals surface area contributed by atoms with E-state index < -0.39 is 0 Å². The number of H-pyrrole nitrogens is 1. The van der Waals surface area contributed by atoms with Crippen molar-refractivity contribution in [1.82, 2.24) is 15.0 Å². The first kappa shape index (κ1) is 17.0. The summed E-state index contributed by atoms with van der Waals surface area (Å²) in [6.45, 7) is 2.14. The molecule has 3 aromatic rings. The second-order valence-electron chi connectivity index (χ2n) is 6.05. The molecule has 3 rings (SSSR count). The molecule has 0 bridgehead atoms. The number of nitrogens with one attached hydrogen (secondary N) is 2. The van der Waals surface area contributed by atoms with Crippen molar-refractivity contribution in [1.29, 1.82) is 0 Å². The second kappa shape index (κ2) is 7.79. The number of amides is 1. The summed E-state index contributed by atoms with van der Waals surface area (Å²) < 4.78 is 0. The van der Waals surface area contributed by atoms with Gasteiger partial charge in [-0.25, -0.2) is 9.97 Å². The summed E-state index contributed by atoms with van der Waals surface area (Å²) in [6, 6.07) is 8.74. The summed E-state index contributed by atoms with van der Waals surface area (Å²) >= 11 is 0. The lowest BCUT2D eigenvalue weighted by molar-refractivity contribution is -0.116. The van der Waals surface area contributed by atoms with Gasteiger partial charge in [0, 0.05) is 24.4 Å². The van der Waals surface area contributed by atoms with Crippen molar-refractivity contribution in [2.45, 2.75) is 39.0 Å². The number of nitrogens with zero attached hydrogens (tertiary/aromatic N) is 2. The molecule has 2 heterocycles. The smallest absolute Gasteiger partial charge is 0.224 e. The highest BCUT2D eigenvalue weighted by atomic mass is 16.3. The molecule has 130 valence electrons. The summed E-state index contributed by atoms with van der Waals surface area (Å²) in [5.74, 6) is 0.572. The van der Waals surface area contributed by atoms with Gasteiger partial charge in [0.1, 0.15) is 11.6 Å². The lowest BCUT2D eigenvalue weighted by atomic mass is 10.1. The van der Waals surface area contributed by atoms with E-state index in [4.69, 9.17) is 0 Å². The number of hydrogen-bond acceptors (Lipinski definition) is 4. The maximum atomic E-state index is 11.9. The Kier molecular flexibility index (Phi) is 5.28. The van der Waals surface area contributed by atoms with Crippen LogP contribution in [-0.4, -0.2) is 26.0 Å². The highest BCUT2D eigenvalue weighted by molar-refractivity contribution is 5.91. The third kappa shape index (κ3) is 4.15. The molecule has 1 aromatic carbocycles. The number of hydrogen-bond donors (Lipinski definition) is 3. The third-order valence-corrected chi connectivity index (χ3v) is 4.05. The zero-order chi connectivity index (χ0) is 17.6. The van der Waals surface area contributed by atoms with Crippen LogP contribution in [0.5, 0.6) is 5.75 Å². The number of rotatable bonds is 7. The van der Waals surface area contributed by atoms with Gasteiger partial charge in [0.2, 0.25) is 5.91 Å². The lowest BCUT2D eigenvalue weighted by Crippen LogP contribution is -2.10. The molecule has 0 radical (unpaired) electrons. The Labute approximate surface area is 146 Å². The number of phenolic OH excluding ortho intramolecular Hbond substituents is 1. The summed E-state index contributed by atoms with van der Waals surface area (Å²) in [4.78, 5) is 23.6. The minimum absolute atomic E-state index is 0.0313. The number of pyridine rings is 1. The van der Waals surface area contributed by atoms with E-state index in [9.17, 15) is 9.90 Å². The second-order valence-corrected chi connectivity index (χ2v) is 6.05. The monoisotopic (exact) mass is 338 g/mol. The zero-order valence-corrected chi connectivity index (χ0v) is 14.2. The molecule has 2 aromatic heterocycles. The van der Waals surface area contributed by atoms with Crippen LogP contribution in [0.2, 0.25) is 0 Å². The van der Waals surface area contributed by atoms with Gasteiger partial charge in [-0.05, 0) is 30.7 Å². The van der Waals surface area contributed by atoms with Gasteiger partial charge in [0.05, 0.1) is 11.1 Å². The molecule has 0 aliphatic rings. The van der Waals surface area contributed by atoms with Crippen molar-refractivity contribution in [2.24, 2.45) is 0 Å². The van der Waals surface area contributed by atoms with Crippen LogP contribution >= 0.6 is 0 Å². The molecular formula is C19H22N4O2. The minimum atomic E-state index is -0.0313. The van der Waals surface area contributed by atoms with Crippen LogP contribution in [0.25, 0.3) is 22.6 Å². The Hall–Kier alpha value is -2.89. The molecule has 0 fully saturated rings. The SMILES string of the molecule is CCCCCCC(=O)Nc1ccc(-c2nc3ncccc3[nH]2)c(O)c1. The minimum Gasteiger partial charge on any atom is -0.507 e. The van der Waals surface area contributed by atoms with E-state index in [0.717, 1.165) is 31.2 Å². The first-order valence-electron chi connectivity index (χ1n) is 8.61. The van der Waals surface area contributed by atoms with Crippen molar-refractivity contribution in [3.63, 3.8) is 0 Å². The van der Waals surface area contributed by atoms with Gasteiger partial charge in [0.15, 0.2) is 5.65 Å². The van der Waals surface area contributed by atoms with E-state index in [2.05, 4.69) is 27.2 Å². The van der Waals surface area contributed by atoms with Crippen LogP contribution in [-0.2, 0) is 4.79 Å². The van der Waals surface area contributed by atoms with Gasteiger partial charge >= 0.3 is 0 Å². The third-order valence-electron chi connectivity index (χ3n) is 4.05. The number of benzene rings is 1. The van der Waals surface area contributed by atoms with E-state index in [-0.39, 0.29) is 11.7 Å². The van der Waals surface area contributed by atoms with Crippen LogP contribution in [0.1, 0.15) is 39.0 Å². The maximum absolute atomic E-state index is 11.9. The Morgan fingerprint density at radius 1 is 1.24 bits per heavy atom. The fourth-order valence-corrected chi connectivity index (χ4v) is 2.72. The van der Waals surface area contributed by atoms with Crippen LogP contribution in [0.15, 0.2) is 36.5 Å². The highest BCUT2D eigenvalue weighted by Gasteiger charge is 2.11. The Morgan fingerprint density at radius 2 is 2.12 bits per heavy atom. The number of aromatic nitrogens is 3. The molecule has 0 unspecified atom stereocenters. The zero-order valence-electron chi connectivity index (χ0n) is 14.2. The number of aromatic hydroxyl groups is 1. The fraction of sp³-hybridized carbons (Fsp3) is 0.316. The van der Waals surface area contributed by atoms with E-state index in [1.54, 1.807) is 24.4 Å². The number of fused-ring (bicyclic) bond motifs is 1. The van der Waals surface area contributed by atoms with Crippen LogP contribution in [0.4, 0.5) is 5.69 Å². The normalized spacial score (nSPS) is 10.9. The van der Waals surface area contributed by atoms with Gasteiger partial charge in [-0.15, -0.1) is 0 Å².